The highest BCUT2D eigenvalue weighted by Crippen LogP contribution is 2.60. The van der Waals surface area contributed by atoms with E-state index in [1.165, 1.54) is 13.8 Å². The maximum Gasteiger partial charge on any atom is 0.456 e. The number of hydrogen-bond acceptors (Lipinski definition) is 1. The first-order chi connectivity index (χ1) is 6.88. The average Bonchev–Trinajstić information content (AvgIpc) is 2.28. The third kappa shape index (κ3) is 1.45. The lowest BCUT2D eigenvalue weighted by atomic mass is 9.70. The highest BCUT2D eigenvalue weighted by Gasteiger charge is 2.76. The monoisotopic (exact) mass is 246 g/mol. The first-order valence-corrected chi connectivity index (χ1v) is 5.05. The maximum absolute atomic E-state index is 13.3. The topological polar surface area (TPSA) is 20.2 Å². The van der Waals surface area contributed by atoms with Crippen molar-refractivity contribution in [3.8, 4) is 0 Å². The lowest BCUT2D eigenvalue weighted by Gasteiger charge is -2.44. The zero-order valence-corrected chi connectivity index (χ0v) is 9.33. The van der Waals surface area contributed by atoms with Gasteiger partial charge in [0.15, 0.2) is 0 Å². The average molecular weight is 246 g/mol. The molecule has 2 unspecified atom stereocenters. The summed E-state index contributed by atoms with van der Waals surface area (Å²) in [4.78, 5) is 0. The molecule has 0 radical (unpaired) electrons. The second kappa shape index (κ2) is 3.31. The van der Waals surface area contributed by atoms with Crippen LogP contribution in [0.25, 0.3) is 0 Å². The van der Waals surface area contributed by atoms with Crippen LogP contribution < -0.4 is 0 Å². The van der Waals surface area contributed by atoms with E-state index in [0.29, 0.717) is 0 Å². The molecule has 2 atom stereocenters. The molecule has 96 valence electrons. The van der Waals surface area contributed by atoms with Crippen LogP contribution in [-0.2, 0) is 0 Å². The van der Waals surface area contributed by atoms with E-state index in [1.54, 1.807) is 6.92 Å². The molecule has 0 aromatic carbocycles. The first kappa shape index (κ1) is 13.7. The van der Waals surface area contributed by atoms with Crippen LogP contribution in [0.1, 0.15) is 33.6 Å². The standard InChI is InChI=1S/C10H15F5O/c1-6-4-5-8(16,7(6,2)3)9(11,12)10(13,14)15/h6,16H,4-5H2,1-3H3. The molecule has 0 saturated heterocycles. The van der Waals surface area contributed by atoms with Crippen molar-refractivity contribution in [3.05, 3.63) is 0 Å². The fourth-order valence-electron chi connectivity index (χ4n) is 2.31. The smallest absolute Gasteiger partial charge is 0.383 e. The Morgan fingerprint density at radius 1 is 1.12 bits per heavy atom. The summed E-state index contributed by atoms with van der Waals surface area (Å²) in [6.07, 6.45) is -6.09. The molecule has 0 amide bonds. The second-order valence-electron chi connectivity index (χ2n) is 5.09. The predicted molar refractivity (Wildman–Crippen MR) is 48.1 cm³/mol. The number of alkyl halides is 5. The van der Waals surface area contributed by atoms with Gasteiger partial charge in [0.05, 0.1) is 0 Å². The molecule has 16 heavy (non-hydrogen) atoms. The number of aliphatic hydroxyl groups is 1. The predicted octanol–water partition coefficient (Wildman–Crippen LogP) is 3.37. The highest BCUT2D eigenvalue weighted by atomic mass is 19.4. The molecule has 1 aliphatic rings. The van der Waals surface area contributed by atoms with Crippen molar-refractivity contribution in [3.63, 3.8) is 0 Å². The Kier molecular flexibility index (Phi) is 2.83. The summed E-state index contributed by atoms with van der Waals surface area (Å²) in [6.45, 7) is 4.08. The minimum absolute atomic E-state index is 0.162. The number of hydrogen-bond donors (Lipinski definition) is 1. The summed E-state index contributed by atoms with van der Waals surface area (Å²) in [5.41, 5.74) is -4.48. The van der Waals surface area contributed by atoms with Crippen molar-refractivity contribution in [1.82, 2.24) is 0 Å². The van der Waals surface area contributed by atoms with Gasteiger partial charge >= 0.3 is 12.1 Å². The molecule has 0 aliphatic heterocycles. The minimum atomic E-state index is -5.72. The second-order valence-corrected chi connectivity index (χ2v) is 5.09. The first-order valence-electron chi connectivity index (χ1n) is 5.05. The van der Waals surface area contributed by atoms with E-state index in [-0.39, 0.29) is 12.3 Å². The largest absolute Gasteiger partial charge is 0.456 e. The van der Waals surface area contributed by atoms with Gasteiger partial charge in [0.2, 0.25) is 0 Å². The van der Waals surface area contributed by atoms with Crippen LogP contribution in [-0.4, -0.2) is 22.8 Å². The Hall–Kier alpha value is -0.390. The van der Waals surface area contributed by atoms with Gasteiger partial charge in [-0.15, -0.1) is 0 Å². The molecule has 0 spiro atoms. The SMILES string of the molecule is CC1CCC(O)(C(F)(F)C(F)(F)F)C1(C)C. The summed E-state index contributed by atoms with van der Waals surface area (Å²) in [6, 6.07) is 0. The molecule has 1 N–H and O–H groups in total. The van der Waals surface area contributed by atoms with Crippen molar-refractivity contribution in [2.45, 2.75) is 51.3 Å². The summed E-state index contributed by atoms with van der Waals surface area (Å²) in [7, 11) is 0. The fraction of sp³-hybridized carbons (Fsp3) is 1.00. The molecule has 6 heteroatoms. The van der Waals surface area contributed by atoms with Crippen LogP contribution in [0.3, 0.4) is 0 Å². The maximum atomic E-state index is 13.3. The summed E-state index contributed by atoms with van der Waals surface area (Å²) in [5, 5.41) is 9.78. The van der Waals surface area contributed by atoms with Gasteiger partial charge in [-0.05, 0) is 18.8 Å². The Balaban J connectivity index is 3.22. The Labute approximate surface area is 90.6 Å². The van der Waals surface area contributed by atoms with E-state index in [2.05, 4.69) is 0 Å². The van der Waals surface area contributed by atoms with E-state index in [4.69, 9.17) is 0 Å². The van der Waals surface area contributed by atoms with E-state index in [1.807, 2.05) is 0 Å². The Morgan fingerprint density at radius 3 is 1.81 bits per heavy atom. The van der Waals surface area contributed by atoms with Gasteiger partial charge in [-0.2, -0.15) is 22.0 Å². The van der Waals surface area contributed by atoms with Crippen molar-refractivity contribution in [2.75, 3.05) is 0 Å². The van der Waals surface area contributed by atoms with Gasteiger partial charge in [-0.3, -0.25) is 0 Å². The minimum Gasteiger partial charge on any atom is -0.383 e. The Morgan fingerprint density at radius 2 is 1.56 bits per heavy atom. The molecular formula is C10H15F5O. The van der Waals surface area contributed by atoms with Crippen LogP contribution in [0, 0.1) is 11.3 Å². The van der Waals surface area contributed by atoms with Crippen LogP contribution in [0.2, 0.25) is 0 Å². The number of rotatable bonds is 1. The molecular weight excluding hydrogens is 231 g/mol. The molecule has 1 rings (SSSR count). The molecule has 0 aromatic heterocycles. The third-order valence-corrected chi connectivity index (χ3v) is 4.11. The molecule has 0 heterocycles. The van der Waals surface area contributed by atoms with E-state index in [0.717, 1.165) is 0 Å². The van der Waals surface area contributed by atoms with E-state index < -0.39 is 29.5 Å². The van der Waals surface area contributed by atoms with Gasteiger partial charge in [-0.1, -0.05) is 20.8 Å². The van der Waals surface area contributed by atoms with Crippen LogP contribution in [0.4, 0.5) is 22.0 Å². The lowest BCUT2D eigenvalue weighted by Crippen LogP contribution is -2.62. The van der Waals surface area contributed by atoms with Crippen molar-refractivity contribution < 1.29 is 27.1 Å². The van der Waals surface area contributed by atoms with Gasteiger partial charge < -0.3 is 5.11 Å². The zero-order valence-electron chi connectivity index (χ0n) is 9.33. The molecule has 1 nitrogen and oxygen atoms in total. The normalized spacial score (nSPS) is 35.4. The Bertz CT molecular complexity index is 283. The molecule has 1 aliphatic carbocycles. The summed E-state index contributed by atoms with van der Waals surface area (Å²) < 4.78 is 63.5. The van der Waals surface area contributed by atoms with Crippen LogP contribution in [0.15, 0.2) is 0 Å². The fourth-order valence-corrected chi connectivity index (χ4v) is 2.31. The van der Waals surface area contributed by atoms with Crippen LogP contribution in [0.5, 0.6) is 0 Å². The highest BCUT2D eigenvalue weighted by molar-refractivity contribution is 5.11. The summed E-state index contributed by atoms with van der Waals surface area (Å²) >= 11 is 0. The zero-order chi connectivity index (χ0) is 13.0. The van der Waals surface area contributed by atoms with Gasteiger partial charge in [0.25, 0.3) is 0 Å². The van der Waals surface area contributed by atoms with Crippen molar-refractivity contribution in [2.24, 2.45) is 11.3 Å². The third-order valence-electron chi connectivity index (χ3n) is 4.11. The van der Waals surface area contributed by atoms with Gasteiger partial charge in [-0.25, -0.2) is 0 Å². The van der Waals surface area contributed by atoms with Crippen LogP contribution >= 0.6 is 0 Å². The van der Waals surface area contributed by atoms with Gasteiger partial charge in [0, 0.05) is 5.41 Å². The lowest BCUT2D eigenvalue weighted by molar-refractivity contribution is -0.358. The van der Waals surface area contributed by atoms with Crippen molar-refractivity contribution in [1.29, 1.82) is 0 Å². The van der Waals surface area contributed by atoms with E-state index in [9.17, 15) is 27.1 Å². The summed E-state index contributed by atoms with van der Waals surface area (Å²) in [5.74, 6) is -5.46. The van der Waals surface area contributed by atoms with Crippen molar-refractivity contribution >= 4 is 0 Å². The van der Waals surface area contributed by atoms with Gasteiger partial charge in [0.1, 0.15) is 5.60 Å². The molecule has 1 fully saturated rings. The quantitative estimate of drug-likeness (QED) is 0.703. The number of halogens is 5. The molecule has 0 bridgehead atoms. The molecule has 0 aromatic rings. The molecule has 1 saturated carbocycles. The van der Waals surface area contributed by atoms with E-state index >= 15 is 0 Å².